The highest BCUT2D eigenvalue weighted by molar-refractivity contribution is 9.10. The molecule has 0 spiro atoms. The van der Waals surface area contributed by atoms with Gasteiger partial charge in [0.25, 0.3) is 0 Å². The summed E-state index contributed by atoms with van der Waals surface area (Å²) in [7, 11) is 0. The van der Waals surface area contributed by atoms with Gasteiger partial charge in [-0.15, -0.1) is 0 Å². The number of esters is 1. The van der Waals surface area contributed by atoms with Crippen molar-refractivity contribution in [2.45, 2.75) is 0 Å². The van der Waals surface area contributed by atoms with E-state index in [4.69, 9.17) is 4.74 Å². The van der Waals surface area contributed by atoms with Gasteiger partial charge in [-0.05, 0) is 28.1 Å². The highest BCUT2D eigenvalue weighted by Crippen LogP contribution is 2.32. The molecular formula is C8H4BrFO3. The van der Waals surface area contributed by atoms with Crippen LogP contribution >= 0.6 is 15.9 Å². The fourth-order valence-electron chi connectivity index (χ4n) is 1.06. The predicted molar refractivity (Wildman–Crippen MR) is 45.0 cm³/mol. The first-order chi connectivity index (χ1) is 6.20. The Morgan fingerprint density at radius 3 is 2.92 bits per heavy atom. The molecule has 2 rings (SSSR count). The number of rotatable bonds is 0. The van der Waals surface area contributed by atoms with E-state index in [1.807, 2.05) is 0 Å². The third-order valence-electron chi connectivity index (χ3n) is 1.67. The topological polar surface area (TPSA) is 35.5 Å². The minimum absolute atomic E-state index is 0.0784. The van der Waals surface area contributed by atoms with E-state index in [-0.39, 0.29) is 16.8 Å². The van der Waals surface area contributed by atoms with Gasteiger partial charge >= 0.3 is 5.97 Å². The summed E-state index contributed by atoms with van der Waals surface area (Å²) in [5.41, 5.74) is 0.103. The molecule has 0 bridgehead atoms. The lowest BCUT2D eigenvalue weighted by Gasteiger charge is -2.17. The van der Waals surface area contributed by atoms with Crippen molar-refractivity contribution in [3.63, 3.8) is 0 Å². The lowest BCUT2D eigenvalue weighted by atomic mass is 10.2. The van der Waals surface area contributed by atoms with Crippen LogP contribution in [0.2, 0.25) is 0 Å². The van der Waals surface area contributed by atoms with Crippen LogP contribution in [0.4, 0.5) is 4.39 Å². The molecule has 0 unspecified atom stereocenters. The van der Waals surface area contributed by atoms with E-state index in [1.165, 1.54) is 12.1 Å². The second-order valence-corrected chi connectivity index (χ2v) is 3.22. The van der Waals surface area contributed by atoms with Crippen molar-refractivity contribution in [1.82, 2.24) is 0 Å². The van der Waals surface area contributed by atoms with E-state index >= 15 is 0 Å². The monoisotopic (exact) mass is 246 g/mol. The quantitative estimate of drug-likeness (QED) is 0.658. The molecule has 1 aromatic rings. The molecule has 5 heteroatoms. The van der Waals surface area contributed by atoms with Crippen LogP contribution in [0.5, 0.6) is 5.75 Å². The standard InChI is InChI=1S/C8H4BrFO3/c9-7-4(10)1-2-5-6(7)8(11)13-3-12-5/h1-2H,3H2. The maximum atomic E-state index is 13.0. The Morgan fingerprint density at radius 2 is 2.15 bits per heavy atom. The fourth-order valence-corrected chi connectivity index (χ4v) is 1.55. The molecular weight excluding hydrogens is 243 g/mol. The van der Waals surface area contributed by atoms with Crippen molar-refractivity contribution in [1.29, 1.82) is 0 Å². The molecule has 0 aromatic heterocycles. The Balaban J connectivity index is 2.65. The summed E-state index contributed by atoms with van der Waals surface area (Å²) in [4.78, 5) is 11.2. The van der Waals surface area contributed by atoms with Crippen molar-refractivity contribution in [2.75, 3.05) is 6.79 Å². The van der Waals surface area contributed by atoms with E-state index in [1.54, 1.807) is 0 Å². The number of fused-ring (bicyclic) bond motifs is 1. The summed E-state index contributed by atoms with van der Waals surface area (Å²) in [5.74, 6) is -0.752. The number of halogens is 2. The second kappa shape index (κ2) is 2.99. The number of ether oxygens (including phenoxy) is 2. The Bertz CT molecular complexity index is 378. The van der Waals surface area contributed by atoms with Gasteiger partial charge in [0.1, 0.15) is 17.1 Å². The molecule has 1 aromatic carbocycles. The average Bonchev–Trinajstić information content (AvgIpc) is 2.12. The van der Waals surface area contributed by atoms with Gasteiger partial charge in [0.2, 0.25) is 6.79 Å². The van der Waals surface area contributed by atoms with Gasteiger partial charge < -0.3 is 9.47 Å². The van der Waals surface area contributed by atoms with Crippen LogP contribution in [0.25, 0.3) is 0 Å². The van der Waals surface area contributed by atoms with Crippen molar-refractivity contribution in [2.24, 2.45) is 0 Å². The molecule has 68 valence electrons. The van der Waals surface area contributed by atoms with E-state index in [0.29, 0.717) is 5.75 Å². The molecule has 13 heavy (non-hydrogen) atoms. The van der Waals surface area contributed by atoms with Gasteiger partial charge in [0.05, 0.1) is 4.47 Å². The van der Waals surface area contributed by atoms with Crippen molar-refractivity contribution in [3.8, 4) is 5.75 Å². The molecule has 1 heterocycles. The summed E-state index contributed by atoms with van der Waals surface area (Å²) in [6.45, 7) is -0.121. The zero-order valence-corrected chi connectivity index (χ0v) is 7.93. The molecule has 1 aliphatic rings. The Labute approximate surface area is 81.6 Å². The van der Waals surface area contributed by atoms with Crippen LogP contribution in [0.1, 0.15) is 10.4 Å². The molecule has 3 nitrogen and oxygen atoms in total. The van der Waals surface area contributed by atoms with Crippen LogP contribution in [-0.4, -0.2) is 12.8 Å². The molecule has 1 aliphatic heterocycles. The Kier molecular flexibility index (Phi) is 1.95. The van der Waals surface area contributed by atoms with E-state index in [2.05, 4.69) is 20.7 Å². The minimum Gasteiger partial charge on any atom is -0.456 e. The fraction of sp³-hybridized carbons (Fsp3) is 0.125. The second-order valence-electron chi connectivity index (χ2n) is 2.43. The highest BCUT2D eigenvalue weighted by atomic mass is 79.9. The van der Waals surface area contributed by atoms with Crippen LogP contribution in [-0.2, 0) is 4.74 Å². The molecule has 0 saturated carbocycles. The van der Waals surface area contributed by atoms with Gasteiger partial charge in [-0.1, -0.05) is 0 Å². The largest absolute Gasteiger partial charge is 0.456 e. The number of hydrogen-bond donors (Lipinski definition) is 0. The van der Waals surface area contributed by atoms with Crippen LogP contribution < -0.4 is 4.74 Å². The van der Waals surface area contributed by atoms with Gasteiger partial charge in [-0.3, -0.25) is 0 Å². The number of hydrogen-bond acceptors (Lipinski definition) is 3. The average molecular weight is 247 g/mol. The molecule has 0 atom stereocenters. The van der Waals surface area contributed by atoms with Gasteiger partial charge in [0.15, 0.2) is 0 Å². The van der Waals surface area contributed by atoms with E-state index in [0.717, 1.165) is 0 Å². The zero-order chi connectivity index (χ0) is 9.42. The maximum Gasteiger partial charge on any atom is 0.346 e. The first kappa shape index (κ1) is 8.50. The van der Waals surface area contributed by atoms with Gasteiger partial charge in [-0.2, -0.15) is 0 Å². The first-order valence-corrected chi connectivity index (χ1v) is 4.27. The third kappa shape index (κ3) is 1.29. The lowest BCUT2D eigenvalue weighted by molar-refractivity contribution is 0.00457. The molecule has 0 amide bonds. The number of benzene rings is 1. The van der Waals surface area contributed by atoms with E-state index in [9.17, 15) is 9.18 Å². The molecule has 0 saturated heterocycles. The summed E-state index contributed by atoms with van der Waals surface area (Å²) >= 11 is 2.95. The Morgan fingerprint density at radius 1 is 1.38 bits per heavy atom. The zero-order valence-electron chi connectivity index (χ0n) is 6.34. The van der Waals surface area contributed by atoms with Crippen molar-refractivity contribution < 1.29 is 18.7 Å². The lowest BCUT2D eigenvalue weighted by Crippen LogP contribution is -2.19. The van der Waals surface area contributed by atoms with Crippen LogP contribution in [0, 0.1) is 5.82 Å². The summed E-state index contributed by atoms with van der Waals surface area (Å²) < 4.78 is 22.6. The number of carbonyl (C=O) groups is 1. The molecule has 0 N–H and O–H groups in total. The van der Waals surface area contributed by atoms with Crippen LogP contribution in [0.15, 0.2) is 16.6 Å². The maximum absolute atomic E-state index is 13.0. The SMILES string of the molecule is O=C1OCOc2ccc(F)c(Br)c21. The number of carbonyl (C=O) groups excluding carboxylic acids is 1. The van der Waals surface area contributed by atoms with Crippen LogP contribution in [0.3, 0.4) is 0 Å². The Hall–Kier alpha value is -1.10. The predicted octanol–water partition coefficient (Wildman–Crippen LogP) is 2.09. The van der Waals surface area contributed by atoms with Gasteiger partial charge in [0, 0.05) is 0 Å². The normalized spacial score (nSPS) is 14.5. The molecule has 0 aliphatic carbocycles. The number of cyclic esters (lactones) is 1. The smallest absolute Gasteiger partial charge is 0.346 e. The first-order valence-electron chi connectivity index (χ1n) is 3.48. The summed E-state index contributed by atoms with van der Waals surface area (Å²) in [6, 6.07) is 2.62. The van der Waals surface area contributed by atoms with E-state index < -0.39 is 11.8 Å². The van der Waals surface area contributed by atoms with Crippen molar-refractivity contribution in [3.05, 3.63) is 28.0 Å². The summed E-state index contributed by atoms with van der Waals surface area (Å²) in [5, 5.41) is 0. The van der Waals surface area contributed by atoms with Crippen molar-refractivity contribution >= 4 is 21.9 Å². The molecule has 0 fully saturated rings. The minimum atomic E-state index is -0.576. The highest BCUT2D eigenvalue weighted by Gasteiger charge is 2.24. The van der Waals surface area contributed by atoms with Gasteiger partial charge in [-0.25, -0.2) is 9.18 Å². The summed E-state index contributed by atoms with van der Waals surface area (Å²) in [6.07, 6.45) is 0. The molecule has 0 radical (unpaired) electrons. The third-order valence-corrected chi connectivity index (χ3v) is 2.44.